The van der Waals surface area contributed by atoms with Crippen molar-refractivity contribution in [2.45, 2.75) is 6.92 Å². The molecule has 30 heavy (non-hydrogen) atoms. The molecule has 1 aromatic carbocycles. The van der Waals surface area contributed by atoms with Crippen LogP contribution in [0.3, 0.4) is 0 Å². The van der Waals surface area contributed by atoms with Gasteiger partial charge in [-0.1, -0.05) is 6.07 Å². The maximum absolute atomic E-state index is 13.3. The van der Waals surface area contributed by atoms with Crippen molar-refractivity contribution < 1.29 is 9.18 Å². The number of hydrogen-bond acceptors (Lipinski definition) is 5. The number of aromatic nitrogens is 3. The summed E-state index contributed by atoms with van der Waals surface area (Å²) < 4.78 is 15.1. The minimum atomic E-state index is -0.286. The van der Waals surface area contributed by atoms with Gasteiger partial charge in [-0.2, -0.15) is 5.10 Å². The second-order valence-corrected chi connectivity index (χ2v) is 8.30. The molecule has 1 amide bonds. The first-order chi connectivity index (χ1) is 14.6. The lowest BCUT2D eigenvalue weighted by Gasteiger charge is -2.35. The van der Waals surface area contributed by atoms with Gasteiger partial charge in [0.2, 0.25) is 0 Å². The number of carbonyl (C=O) groups is 1. The van der Waals surface area contributed by atoms with Crippen LogP contribution in [0.15, 0.2) is 54.7 Å². The monoisotopic (exact) mass is 421 g/mol. The predicted molar refractivity (Wildman–Crippen MR) is 116 cm³/mol. The van der Waals surface area contributed by atoms with Crippen LogP contribution in [0.2, 0.25) is 0 Å². The highest BCUT2D eigenvalue weighted by molar-refractivity contribution is 7.20. The lowest BCUT2D eigenvalue weighted by Crippen LogP contribution is -2.48. The van der Waals surface area contributed by atoms with E-state index in [9.17, 15) is 9.18 Å². The number of carbonyl (C=O) groups excluding carboxylic acids is 1. The van der Waals surface area contributed by atoms with E-state index in [1.165, 1.54) is 23.5 Å². The van der Waals surface area contributed by atoms with Crippen LogP contribution in [0.4, 0.5) is 10.2 Å². The van der Waals surface area contributed by atoms with E-state index in [1.807, 2.05) is 36.1 Å². The average molecular weight is 422 g/mol. The van der Waals surface area contributed by atoms with Crippen molar-refractivity contribution in [3.05, 3.63) is 71.1 Å². The van der Waals surface area contributed by atoms with E-state index in [4.69, 9.17) is 0 Å². The number of pyridine rings is 1. The Bertz CT molecular complexity index is 1190. The molecule has 0 radical (unpaired) electrons. The summed E-state index contributed by atoms with van der Waals surface area (Å²) in [7, 11) is 0. The molecule has 5 rings (SSSR count). The van der Waals surface area contributed by atoms with Crippen molar-refractivity contribution in [3.8, 4) is 5.69 Å². The Hall–Kier alpha value is -3.26. The van der Waals surface area contributed by atoms with E-state index in [-0.39, 0.29) is 11.7 Å². The summed E-state index contributed by atoms with van der Waals surface area (Å²) in [5, 5.41) is 5.53. The molecule has 8 heteroatoms. The number of anilines is 1. The molecule has 0 aliphatic carbocycles. The van der Waals surface area contributed by atoms with E-state index in [1.54, 1.807) is 23.0 Å². The van der Waals surface area contributed by atoms with Crippen LogP contribution in [0.1, 0.15) is 15.4 Å². The van der Waals surface area contributed by atoms with Crippen molar-refractivity contribution >= 4 is 33.3 Å². The molecule has 6 nitrogen and oxygen atoms in total. The normalized spacial score (nSPS) is 14.5. The first kappa shape index (κ1) is 18.7. The topological polar surface area (TPSA) is 54.3 Å². The van der Waals surface area contributed by atoms with Gasteiger partial charge in [-0.05, 0) is 49.4 Å². The van der Waals surface area contributed by atoms with E-state index < -0.39 is 0 Å². The molecule has 3 aromatic heterocycles. The van der Waals surface area contributed by atoms with Crippen LogP contribution in [0.5, 0.6) is 0 Å². The number of aryl methyl sites for hydroxylation is 1. The van der Waals surface area contributed by atoms with E-state index in [0.717, 1.165) is 40.5 Å². The Morgan fingerprint density at radius 2 is 1.83 bits per heavy atom. The second-order valence-electron chi connectivity index (χ2n) is 7.27. The van der Waals surface area contributed by atoms with Crippen LogP contribution in [-0.2, 0) is 0 Å². The van der Waals surface area contributed by atoms with Gasteiger partial charge in [0.1, 0.15) is 16.5 Å². The lowest BCUT2D eigenvalue weighted by atomic mass is 10.2. The van der Waals surface area contributed by atoms with E-state index >= 15 is 0 Å². The van der Waals surface area contributed by atoms with Gasteiger partial charge in [-0.15, -0.1) is 11.3 Å². The molecular formula is C22H20FN5OS. The van der Waals surface area contributed by atoms with Crippen molar-refractivity contribution in [3.63, 3.8) is 0 Å². The Labute approximate surface area is 177 Å². The van der Waals surface area contributed by atoms with Gasteiger partial charge in [-0.25, -0.2) is 14.1 Å². The molecule has 0 unspecified atom stereocenters. The van der Waals surface area contributed by atoms with Gasteiger partial charge in [0.25, 0.3) is 5.91 Å². The Morgan fingerprint density at radius 1 is 1.07 bits per heavy atom. The molecule has 0 spiro atoms. The maximum atomic E-state index is 13.3. The third kappa shape index (κ3) is 3.33. The first-order valence-corrected chi connectivity index (χ1v) is 10.6. The van der Waals surface area contributed by atoms with Gasteiger partial charge < -0.3 is 9.80 Å². The maximum Gasteiger partial charge on any atom is 0.264 e. The van der Waals surface area contributed by atoms with Crippen molar-refractivity contribution in [1.29, 1.82) is 0 Å². The molecule has 4 aromatic rings. The summed E-state index contributed by atoms with van der Waals surface area (Å²) in [6.07, 6.45) is 1.79. The zero-order valence-electron chi connectivity index (χ0n) is 16.5. The zero-order valence-corrected chi connectivity index (χ0v) is 17.3. The smallest absolute Gasteiger partial charge is 0.264 e. The molecule has 0 bridgehead atoms. The fourth-order valence-electron chi connectivity index (χ4n) is 3.75. The standard InChI is InChI=1S/C22H20FN5OS/c1-15-18-14-19(30-22(18)28(25-15)17-7-5-16(23)6-8-17)21(29)27-12-10-26(11-13-27)20-4-2-3-9-24-20/h2-9,14H,10-13H2,1H3. The van der Waals surface area contributed by atoms with Gasteiger partial charge in [0.15, 0.2) is 0 Å². The molecule has 4 heterocycles. The van der Waals surface area contributed by atoms with Gasteiger partial charge >= 0.3 is 0 Å². The Kier molecular flexibility index (Phi) is 4.71. The summed E-state index contributed by atoms with van der Waals surface area (Å²) in [4.78, 5) is 23.2. The zero-order chi connectivity index (χ0) is 20.7. The van der Waals surface area contributed by atoms with Gasteiger partial charge in [-0.3, -0.25) is 4.79 Å². The third-order valence-electron chi connectivity index (χ3n) is 5.37. The van der Waals surface area contributed by atoms with Crippen LogP contribution >= 0.6 is 11.3 Å². The quantitative estimate of drug-likeness (QED) is 0.504. The minimum Gasteiger partial charge on any atom is -0.353 e. The summed E-state index contributed by atoms with van der Waals surface area (Å²) >= 11 is 1.43. The molecule has 1 aliphatic rings. The largest absolute Gasteiger partial charge is 0.353 e. The highest BCUT2D eigenvalue weighted by atomic mass is 32.1. The fourth-order valence-corrected chi connectivity index (χ4v) is 4.90. The Balaban J connectivity index is 1.37. The molecule has 0 N–H and O–H groups in total. The molecule has 152 valence electrons. The summed E-state index contributed by atoms with van der Waals surface area (Å²) in [5.74, 6) is 0.703. The lowest BCUT2D eigenvalue weighted by molar-refractivity contribution is 0.0751. The molecule has 0 atom stereocenters. The SMILES string of the molecule is Cc1nn(-c2ccc(F)cc2)c2sc(C(=O)N3CCN(c4ccccn4)CC3)cc12. The molecular weight excluding hydrogens is 401 g/mol. The third-order valence-corrected chi connectivity index (χ3v) is 6.47. The molecule has 1 aliphatic heterocycles. The Morgan fingerprint density at radius 3 is 2.53 bits per heavy atom. The van der Waals surface area contributed by atoms with Gasteiger partial charge in [0.05, 0.1) is 16.3 Å². The number of halogens is 1. The number of thiophene rings is 1. The fraction of sp³-hybridized carbons (Fsp3) is 0.227. The predicted octanol–water partition coefficient (Wildman–Crippen LogP) is 3.89. The van der Waals surface area contributed by atoms with Gasteiger partial charge in [0, 0.05) is 37.8 Å². The number of benzene rings is 1. The van der Waals surface area contributed by atoms with E-state index in [0.29, 0.717) is 18.0 Å². The number of hydrogen-bond donors (Lipinski definition) is 0. The van der Waals surface area contributed by atoms with Crippen LogP contribution in [-0.4, -0.2) is 51.8 Å². The summed E-state index contributed by atoms with van der Waals surface area (Å²) in [5.41, 5.74) is 1.63. The second kappa shape index (κ2) is 7.53. The van der Waals surface area contributed by atoms with Crippen molar-refractivity contribution in [2.24, 2.45) is 0 Å². The molecule has 1 fully saturated rings. The molecule has 0 saturated carbocycles. The highest BCUT2D eigenvalue weighted by Gasteiger charge is 2.25. The number of rotatable bonds is 3. The van der Waals surface area contributed by atoms with Crippen LogP contribution < -0.4 is 4.90 Å². The average Bonchev–Trinajstić information content (AvgIpc) is 3.35. The van der Waals surface area contributed by atoms with Crippen molar-refractivity contribution in [1.82, 2.24) is 19.7 Å². The minimum absolute atomic E-state index is 0.0435. The summed E-state index contributed by atoms with van der Waals surface area (Å²) in [6, 6.07) is 14.0. The number of nitrogens with zero attached hydrogens (tertiary/aromatic N) is 5. The van der Waals surface area contributed by atoms with E-state index in [2.05, 4.69) is 15.0 Å². The number of amides is 1. The number of fused-ring (bicyclic) bond motifs is 1. The molecule has 1 saturated heterocycles. The van der Waals surface area contributed by atoms with Crippen LogP contribution in [0.25, 0.3) is 15.9 Å². The first-order valence-electron chi connectivity index (χ1n) is 9.80. The van der Waals surface area contributed by atoms with Crippen molar-refractivity contribution in [2.75, 3.05) is 31.1 Å². The number of piperazine rings is 1. The van der Waals surface area contributed by atoms with Crippen LogP contribution in [0, 0.1) is 12.7 Å². The summed E-state index contributed by atoms with van der Waals surface area (Å²) in [6.45, 7) is 4.76. The highest BCUT2D eigenvalue weighted by Crippen LogP contribution is 2.31.